The summed E-state index contributed by atoms with van der Waals surface area (Å²) < 4.78 is 19.5. The zero-order chi connectivity index (χ0) is 18.7. The number of carboxylic acids is 1. The highest BCUT2D eigenvalue weighted by molar-refractivity contribution is 5.92. The minimum absolute atomic E-state index is 0.110. The van der Waals surface area contributed by atoms with Gasteiger partial charge in [0, 0.05) is 6.20 Å². The first kappa shape index (κ1) is 17.2. The van der Waals surface area contributed by atoms with E-state index in [2.05, 4.69) is 15.2 Å². The van der Waals surface area contributed by atoms with Crippen LogP contribution in [-0.4, -0.2) is 33.0 Å². The number of halogens is 1. The van der Waals surface area contributed by atoms with Crippen LogP contribution in [-0.2, 0) is 4.74 Å². The third-order valence-corrected chi connectivity index (χ3v) is 3.40. The van der Waals surface area contributed by atoms with Gasteiger partial charge in [0.2, 0.25) is 0 Å². The van der Waals surface area contributed by atoms with Crippen LogP contribution >= 0.6 is 0 Å². The third-order valence-electron chi connectivity index (χ3n) is 3.40. The van der Waals surface area contributed by atoms with Gasteiger partial charge >= 0.3 is 11.9 Å². The van der Waals surface area contributed by atoms with Gasteiger partial charge in [0.15, 0.2) is 11.5 Å². The number of pyridine rings is 1. The molecule has 0 unspecified atom stereocenters. The van der Waals surface area contributed by atoms with Gasteiger partial charge in [0.25, 0.3) is 0 Å². The van der Waals surface area contributed by atoms with Crippen LogP contribution in [0.25, 0.3) is 5.65 Å². The lowest BCUT2D eigenvalue weighted by atomic mass is 10.2. The molecular formula is C17H13FN4O4. The van der Waals surface area contributed by atoms with Gasteiger partial charge in [-0.3, -0.25) is 4.40 Å². The van der Waals surface area contributed by atoms with E-state index < -0.39 is 17.8 Å². The number of rotatable bonds is 5. The molecule has 2 heterocycles. The van der Waals surface area contributed by atoms with Crippen molar-refractivity contribution >= 4 is 29.1 Å². The lowest BCUT2D eigenvalue weighted by Crippen LogP contribution is -2.03. The number of ether oxygens (including phenoxy) is 1. The Bertz CT molecular complexity index is 1010. The minimum atomic E-state index is -1.30. The summed E-state index contributed by atoms with van der Waals surface area (Å²) in [4.78, 5) is 26.9. The van der Waals surface area contributed by atoms with Gasteiger partial charge in [-0.1, -0.05) is 0 Å². The van der Waals surface area contributed by atoms with Crippen LogP contribution in [0, 0.1) is 5.82 Å². The molecule has 0 atom stereocenters. The Balaban J connectivity index is 1.95. The van der Waals surface area contributed by atoms with Crippen LogP contribution in [0.3, 0.4) is 0 Å². The number of esters is 1. The molecule has 132 valence electrons. The van der Waals surface area contributed by atoms with Crippen molar-refractivity contribution < 1.29 is 23.8 Å². The van der Waals surface area contributed by atoms with Gasteiger partial charge in [0.1, 0.15) is 11.5 Å². The van der Waals surface area contributed by atoms with Crippen molar-refractivity contribution in [3.63, 3.8) is 0 Å². The second-order valence-corrected chi connectivity index (χ2v) is 5.13. The molecule has 1 N–H and O–H groups in total. The van der Waals surface area contributed by atoms with E-state index in [0.29, 0.717) is 11.3 Å². The average Bonchev–Trinajstić information content (AvgIpc) is 2.98. The molecule has 0 saturated carbocycles. The summed E-state index contributed by atoms with van der Waals surface area (Å²) in [5.41, 5.74) is 0.618. The molecule has 0 spiro atoms. The first-order chi connectivity index (χ1) is 12.5. The van der Waals surface area contributed by atoms with E-state index in [1.165, 1.54) is 40.8 Å². The number of benzene rings is 1. The van der Waals surface area contributed by atoms with E-state index in [4.69, 9.17) is 4.74 Å². The maximum Gasteiger partial charge on any atom is 0.358 e. The summed E-state index contributed by atoms with van der Waals surface area (Å²) in [6.45, 7) is 1.97. The molecule has 0 radical (unpaired) electrons. The summed E-state index contributed by atoms with van der Waals surface area (Å²) in [5.74, 6) is -2.44. The molecule has 0 fully saturated rings. The number of fused-ring (bicyclic) bond motifs is 1. The number of azo groups is 1. The summed E-state index contributed by atoms with van der Waals surface area (Å²) in [5, 5.41) is 17.1. The Labute approximate surface area is 146 Å². The molecule has 26 heavy (non-hydrogen) atoms. The van der Waals surface area contributed by atoms with Crippen molar-refractivity contribution in [2.45, 2.75) is 6.92 Å². The number of hydrogen-bond donors (Lipinski definition) is 1. The van der Waals surface area contributed by atoms with E-state index in [0.717, 1.165) is 6.20 Å². The van der Waals surface area contributed by atoms with Crippen LogP contribution in [0.5, 0.6) is 0 Å². The molecule has 9 heteroatoms. The van der Waals surface area contributed by atoms with Gasteiger partial charge in [-0.2, -0.15) is 0 Å². The smallest absolute Gasteiger partial charge is 0.358 e. The van der Waals surface area contributed by atoms with Crippen molar-refractivity contribution in [2.75, 3.05) is 6.61 Å². The van der Waals surface area contributed by atoms with E-state index in [1.807, 2.05) is 0 Å². The Morgan fingerprint density at radius 2 is 1.92 bits per heavy atom. The van der Waals surface area contributed by atoms with Crippen LogP contribution in [0.15, 0.2) is 52.8 Å². The van der Waals surface area contributed by atoms with Crippen molar-refractivity contribution in [3.8, 4) is 0 Å². The zero-order valence-corrected chi connectivity index (χ0v) is 13.6. The maximum atomic E-state index is 13.5. The molecule has 1 aromatic carbocycles. The predicted octanol–water partition coefficient (Wildman–Crippen LogP) is 3.76. The molecule has 0 amide bonds. The molecule has 3 rings (SSSR count). The molecule has 8 nitrogen and oxygen atoms in total. The maximum absolute atomic E-state index is 13.5. The van der Waals surface area contributed by atoms with Crippen LogP contribution in [0.4, 0.5) is 15.9 Å². The molecule has 2 aromatic heterocycles. The number of carbonyl (C=O) groups excluding carboxylic acids is 1. The topological polar surface area (TPSA) is 106 Å². The highest BCUT2D eigenvalue weighted by Gasteiger charge is 2.18. The lowest BCUT2D eigenvalue weighted by molar-refractivity contribution is 0.0526. The molecule has 0 bridgehead atoms. The van der Waals surface area contributed by atoms with Crippen LogP contribution in [0.2, 0.25) is 0 Å². The third kappa shape index (κ3) is 3.41. The van der Waals surface area contributed by atoms with Gasteiger partial charge in [-0.05, 0) is 43.3 Å². The van der Waals surface area contributed by atoms with Gasteiger partial charge < -0.3 is 9.84 Å². The molecular weight excluding hydrogens is 343 g/mol. The lowest BCUT2D eigenvalue weighted by Gasteiger charge is -2.01. The number of carbonyl (C=O) groups is 2. The normalized spacial score (nSPS) is 11.2. The SMILES string of the molecule is CCOC(=O)c1ccc(N=Nc2c(C(=O)O)nc3ccc(F)cn23)cc1. The summed E-state index contributed by atoms with van der Waals surface area (Å²) in [7, 11) is 0. The standard InChI is InChI=1S/C17H13FN4O4/c1-2-26-17(25)10-3-6-12(7-4-10)20-21-15-14(16(23)24)19-13-8-5-11(18)9-22(13)15/h3-9H,2H2,1H3,(H,23,24). The average molecular weight is 356 g/mol. The first-order valence-corrected chi connectivity index (χ1v) is 7.59. The number of imidazole rings is 1. The Hall–Kier alpha value is -3.62. The van der Waals surface area contributed by atoms with E-state index in [-0.39, 0.29) is 23.8 Å². The summed E-state index contributed by atoms with van der Waals surface area (Å²) in [6, 6.07) is 8.59. The van der Waals surface area contributed by atoms with Gasteiger partial charge in [0.05, 0.1) is 17.9 Å². The highest BCUT2D eigenvalue weighted by Crippen LogP contribution is 2.25. The Morgan fingerprint density at radius 1 is 1.19 bits per heavy atom. The molecule has 0 saturated heterocycles. The molecule has 0 aliphatic heterocycles. The van der Waals surface area contributed by atoms with Crippen molar-refractivity contribution in [2.24, 2.45) is 10.2 Å². The van der Waals surface area contributed by atoms with Crippen LogP contribution in [0.1, 0.15) is 27.8 Å². The Kier molecular flexibility index (Phi) is 4.70. The van der Waals surface area contributed by atoms with Gasteiger partial charge in [-0.25, -0.2) is 19.0 Å². The second-order valence-electron chi connectivity index (χ2n) is 5.13. The number of nitrogens with zero attached hydrogens (tertiary/aromatic N) is 4. The number of aromatic carboxylic acids is 1. The highest BCUT2D eigenvalue weighted by atomic mass is 19.1. The molecule has 3 aromatic rings. The molecule has 0 aliphatic rings. The monoisotopic (exact) mass is 356 g/mol. The number of carboxylic acid groups (broad SMARTS) is 1. The number of aromatic nitrogens is 2. The van der Waals surface area contributed by atoms with E-state index >= 15 is 0 Å². The number of hydrogen-bond acceptors (Lipinski definition) is 6. The van der Waals surface area contributed by atoms with E-state index in [1.54, 1.807) is 6.92 Å². The second kappa shape index (κ2) is 7.09. The van der Waals surface area contributed by atoms with Crippen molar-refractivity contribution in [3.05, 3.63) is 59.7 Å². The quantitative estimate of drug-likeness (QED) is 0.553. The van der Waals surface area contributed by atoms with Crippen molar-refractivity contribution in [1.82, 2.24) is 9.38 Å². The molecule has 0 aliphatic carbocycles. The van der Waals surface area contributed by atoms with Crippen molar-refractivity contribution in [1.29, 1.82) is 0 Å². The fraction of sp³-hybridized carbons (Fsp3) is 0.118. The summed E-state index contributed by atoms with van der Waals surface area (Å²) >= 11 is 0. The van der Waals surface area contributed by atoms with Crippen LogP contribution < -0.4 is 0 Å². The fourth-order valence-corrected chi connectivity index (χ4v) is 2.23. The minimum Gasteiger partial charge on any atom is -0.476 e. The van der Waals surface area contributed by atoms with Gasteiger partial charge in [-0.15, -0.1) is 10.2 Å². The van der Waals surface area contributed by atoms with E-state index in [9.17, 15) is 19.1 Å². The zero-order valence-electron chi connectivity index (χ0n) is 13.6. The fourth-order valence-electron chi connectivity index (χ4n) is 2.23. The Morgan fingerprint density at radius 3 is 2.58 bits per heavy atom. The summed E-state index contributed by atoms with van der Waals surface area (Å²) in [6.07, 6.45) is 1.08. The largest absolute Gasteiger partial charge is 0.476 e. The first-order valence-electron chi connectivity index (χ1n) is 7.59. The predicted molar refractivity (Wildman–Crippen MR) is 88.7 cm³/mol.